The number of hydrogen-bond donors (Lipinski definition) is 1. The van der Waals surface area contributed by atoms with Gasteiger partial charge in [-0.3, -0.25) is 5.32 Å². The molecule has 1 N–H and O–H groups in total. The van der Waals surface area contributed by atoms with Gasteiger partial charge in [-0.25, -0.2) is 4.79 Å². The van der Waals surface area contributed by atoms with Crippen molar-refractivity contribution in [1.29, 1.82) is 5.26 Å². The summed E-state index contributed by atoms with van der Waals surface area (Å²) < 4.78 is 5.26. The average Bonchev–Trinajstić information content (AvgIpc) is 2.39. The fraction of sp³-hybridized carbons (Fsp3) is 0.462. The number of carbonyl (C=O) groups is 1. The van der Waals surface area contributed by atoms with E-state index in [4.69, 9.17) is 10.00 Å². The second kappa shape index (κ2) is 7.21. The van der Waals surface area contributed by atoms with Gasteiger partial charge in [0.15, 0.2) is 0 Å². The first-order valence-electron chi connectivity index (χ1n) is 6.09. The number of nitrogens with zero attached hydrogens (tertiary/aromatic N) is 3. The van der Waals surface area contributed by atoms with Crippen LogP contribution in [0, 0.1) is 11.3 Å². The zero-order valence-corrected chi connectivity index (χ0v) is 11.4. The van der Waals surface area contributed by atoms with E-state index < -0.39 is 0 Å². The fourth-order valence-electron chi connectivity index (χ4n) is 1.38. The Labute approximate surface area is 113 Å². The highest BCUT2D eigenvalue weighted by Gasteiger charge is 2.15. The van der Waals surface area contributed by atoms with Gasteiger partial charge in [-0.1, -0.05) is 6.07 Å². The van der Waals surface area contributed by atoms with Gasteiger partial charge >= 0.3 is 6.03 Å². The molecule has 0 fully saturated rings. The van der Waals surface area contributed by atoms with Gasteiger partial charge < -0.3 is 9.64 Å². The summed E-state index contributed by atoms with van der Waals surface area (Å²) in [6, 6.07) is 6.74. The maximum Gasteiger partial charge on any atom is 0.323 e. The molecule has 0 bridgehead atoms. The molecule has 102 valence electrons. The molecule has 0 saturated heterocycles. The monoisotopic (exact) mass is 262 g/mol. The second-order valence-corrected chi connectivity index (χ2v) is 4.05. The van der Waals surface area contributed by atoms with Crippen LogP contribution in [0.3, 0.4) is 0 Å². The number of anilines is 1. The normalized spacial score (nSPS) is 11.3. The van der Waals surface area contributed by atoms with Crippen molar-refractivity contribution in [2.45, 2.75) is 26.3 Å². The van der Waals surface area contributed by atoms with Crippen LogP contribution in [-0.4, -0.2) is 35.6 Å². The zero-order chi connectivity index (χ0) is 14.3. The molecule has 0 aliphatic carbocycles. The lowest BCUT2D eigenvalue weighted by atomic mass is 10.2. The number of aromatic nitrogens is 1. The maximum atomic E-state index is 11.9. The Morgan fingerprint density at radius 3 is 3.00 bits per heavy atom. The van der Waals surface area contributed by atoms with Gasteiger partial charge in [-0.15, -0.1) is 0 Å². The number of carbonyl (C=O) groups excluding carboxylic acids is 1. The van der Waals surface area contributed by atoms with Crippen LogP contribution in [0.1, 0.15) is 20.3 Å². The van der Waals surface area contributed by atoms with Crippen molar-refractivity contribution in [3.63, 3.8) is 0 Å². The van der Waals surface area contributed by atoms with Crippen molar-refractivity contribution in [2.75, 3.05) is 19.0 Å². The molecule has 0 radical (unpaired) electrons. The first kappa shape index (κ1) is 14.8. The summed E-state index contributed by atoms with van der Waals surface area (Å²) in [4.78, 5) is 17.5. The lowest BCUT2D eigenvalue weighted by Gasteiger charge is -2.23. The Morgan fingerprint density at radius 2 is 2.37 bits per heavy atom. The van der Waals surface area contributed by atoms with Crippen molar-refractivity contribution >= 4 is 11.8 Å². The Hall–Kier alpha value is -2.29. The van der Waals surface area contributed by atoms with E-state index in [1.165, 1.54) is 4.90 Å². The molecule has 0 spiro atoms. The molecule has 1 heterocycles. The van der Waals surface area contributed by atoms with Crippen LogP contribution in [0.15, 0.2) is 18.2 Å². The van der Waals surface area contributed by atoms with E-state index in [2.05, 4.69) is 10.3 Å². The third-order valence-electron chi connectivity index (χ3n) is 2.62. The molecule has 1 aromatic rings. The van der Waals surface area contributed by atoms with Crippen molar-refractivity contribution in [3.05, 3.63) is 18.2 Å². The number of pyridine rings is 1. The maximum absolute atomic E-state index is 11.9. The average molecular weight is 262 g/mol. The smallest absolute Gasteiger partial charge is 0.323 e. The third kappa shape index (κ3) is 4.47. The minimum absolute atomic E-state index is 0.153. The Bertz CT molecular complexity index is 470. The molecule has 0 saturated carbocycles. The number of nitriles is 1. The number of amides is 2. The van der Waals surface area contributed by atoms with Crippen LogP contribution in [-0.2, 0) is 0 Å². The molecule has 0 unspecified atom stereocenters. The first-order chi connectivity index (χ1) is 9.08. The van der Waals surface area contributed by atoms with Crippen LogP contribution < -0.4 is 10.1 Å². The van der Waals surface area contributed by atoms with E-state index in [9.17, 15) is 4.79 Å². The molecule has 1 aromatic heterocycles. The third-order valence-corrected chi connectivity index (χ3v) is 2.62. The Balaban J connectivity index is 2.66. The molecule has 1 atom stereocenters. The van der Waals surface area contributed by atoms with E-state index in [1.54, 1.807) is 25.2 Å². The summed E-state index contributed by atoms with van der Waals surface area (Å²) in [5.41, 5.74) is 0. The van der Waals surface area contributed by atoms with Crippen LogP contribution in [0.25, 0.3) is 0 Å². The van der Waals surface area contributed by atoms with E-state index in [0.717, 1.165) is 0 Å². The lowest BCUT2D eigenvalue weighted by Crippen LogP contribution is -2.38. The van der Waals surface area contributed by atoms with Crippen LogP contribution in [0.2, 0.25) is 0 Å². The molecule has 1 rings (SSSR count). The number of nitrogens with one attached hydrogen (secondary N) is 1. The van der Waals surface area contributed by atoms with Crippen molar-refractivity contribution in [3.8, 4) is 11.9 Å². The minimum atomic E-state index is -0.302. The minimum Gasteiger partial charge on any atom is -0.478 e. The summed E-state index contributed by atoms with van der Waals surface area (Å²) >= 11 is 0. The second-order valence-electron chi connectivity index (χ2n) is 4.05. The van der Waals surface area contributed by atoms with Gasteiger partial charge in [0.25, 0.3) is 0 Å². The van der Waals surface area contributed by atoms with Gasteiger partial charge in [0, 0.05) is 19.2 Å². The summed E-state index contributed by atoms with van der Waals surface area (Å²) in [5, 5.41) is 11.3. The van der Waals surface area contributed by atoms with Crippen molar-refractivity contribution in [1.82, 2.24) is 9.88 Å². The highest BCUT2D eigenvalue weighted by molar-refractivity contribution is 5.88. The lowest BCUT2D eigenvalue weighted by molar-refractivity contribution is 0.208. The quantitative estimate of drug-likeness (QED) is 0.882. The predicted molar refractivity (Wildman–Crippen MR) is 71.9 cm³/mol. The molecular formula is C13H18N4O2. The largest absolute Gasteiger partial charge is 0.478 e. The molecule has 6 nitrogen and oxygen atoms in total. The molecular weight excluding hydrogens is 244 g/mol. The van der Waals surface area contributed by atoms with Gasteiger partial charge in [-0.2, -0.15) is 10.2 Å². The van der Waals surface area contributed by atoms with Gasteiger partial charge in [-0.05, 0) is 19.9 Å². The molecule has 0 aromatic carbocycles. The molecule has 0 aliphatic heterocycles. The highest BCUT2D eigenvalue weighted by Crippen LogP contribution is 2.12. The van der Waals surface area contributed by atoms with Crippen LogP contribution in [0.4, 0.5) is 10.6 Å². The van der Waals surface area contributed by atoms with E-state index in [0.29, 0.717) is 18.3 Å². The standard InChI is InChI=1S/C13H18N4O2/c1-4-19-12-7-5-6-11(15-12)16-13(18)17(3)10(2)8-9-14/h5-7,10H,4,8H2,1-3H3,(H,15,16,18)/t10-/m0/s1. The number of rotatable bonds is 5. The van der Waals surface area contributed by atoms with Gasteiger partial charge in [0.05, 0.1) is 19.1 Å². The summed E-state index contributed by atoms with van der Waals surface area (Å²) in [6.45, 7) is 4.20. The van der Waals surface area contributed by atoms with E-state index in [1.807, 2.05) is 19.9 Å². The molecule has 6 heteroatoms. The van der Waals surface area contributed by atoms with Crippen LogP contribution >= 0.6 is 0 Å². The summed E-state index contributed by atoms with van der Waals surface area (Å²) in [6.07, 6.45) is 0.288. The molecule has 19 heavy (non-hydrogen) atoms. The molecule has 2 amide bonds. The predicted octanol–water partition coefficient (Wildman–Crippen LogP) is 2.25. The topological polar surface area (TPSA) is 78.2 Å². The highest BCUT2D eigenvalue weighted by atomic mass is 16.5. The van der Waals surface area contributed by atoms with Crippen molar-refractivity contribution < 1.29 is 9.53 Å². The number of ether oxygens (including phenoxy) is 1. The number of urea groups is 1. The van der Waals surface area contributed by atoms with Crippen LogP contribution in [0.5, 0.6) is 5.88 Å². The van der Waals surface area contributed by atoms with E-state index >= 15 is 0 Å². The van der Waals surface area contributed by atoms with Crippen molar-refractivity contribution in [2.24, 2.45) is 0 Å². The Kier molecular flexibility index (Phi) is 5.61. The SMILES string of the molecule is CCOc1cccc(NC(=O)N(C)[C@@H](C)CC#N)n1. The Morgan fingerprint density at radius 1 is 1.63 bits per heavy atom. The van der Waals surface area contributed by atoms with Gasteiger partial charge in [0.2, 0.25) is 5.88 Å². The van der Waals surface area contributed by atoms with E-state index in [-0.39, 0.29) is 18.5 Å². The summed E-state index contributed by atoms with van der Waals surface area (Å²) in [5.74, 6) is 0.889. The molecule has 0 aliphatic rings. The zero-order valence-electron chi connectivity index (χ0n) is 11.4. The fourth-order valence-corrected chi connectivity index (χ4v) is 1.38. The van der Waals surface area contributed by atoms with Gasteiger partial charge in [0.1, 0.15) is 5.82 Å². The number of hydrogen-bond acceptors (Lipinski definition) is 4. The summed E-state index contributed by atoms with van der Waals surface area (Å²) in [7, 11) is 1.64. The first-order valence-corrected chi connectivity index (χ1v) is 6.09.